The molecule has 0 aliphatic carbocycles. The second-order valence-electron chi connectivity index (χ2n) is 4.42. The minimum absolute atomic E-state index is 0.0512. The van der Waals surface area contributed by atoms with Crippen molar-refractivity contribution in [3.63, 3.8) is 0 Å². The van der Waals surface area contributed by atoms with E-state index >= 15 is 0 Å². The van der Waals surface area contributed by atoms with Crippen molar-refractivity contribution in [2.24, 2.45) is 0 Å². The first kappa shape index (κ1) is 14.6. The van der Waals surface area contributed by atoms with E-state index in [2.05, 4.69) is 0 Å². The van der Waals surface area contributed by atoms with Gasteiger partial charge >= 0.3 is 0 Å². The van der Waals surface area contributed by atoms with Gasteiger partial charge in [0.25, 0.3) is 5.91 Å². The Morgan fingerprint density at radius 1 is 1.35 bits per heavy atom. The van der Waals surface area contributed by atoms with Crippen LogP contribution in [-0.4, -0.2) is 37.5 Å². The number of carbonyl (C=O) groups is 1. The van der Waals surface area contributed by atoms with Crippen molar-refractivity contribution in [3.05, 3.63) is 35.9 Å². The van der Waals surface area contributed by atoms with E-state index in [0.717, 1.165) is 15.6 Å². The highest BCUT2D eigenvalue weighted by atomic mass is 32.2. The van der Waals surface area contributed by atoms with Gasteiger partial charge in [-0.2, -0.15) is 0 Å². The Morgan fingerprint density at radius 2 is 2.05 bits per heavy atom. The number of nitrogens with zero attached hydrogens (tertiary/aromatic N) is 1. The van der Waals surface area contributed by atoms with Gasteiger partial charge in [0, 0.05) is 12.6 Å². The van der Waals surface area contributed by atoms with Crippen molar-refractivity contribution < 1.29 is 17.9 Å². The maximum absolute atomic E-state index is 11.8. The molecule has 0 spiro atoms. The second kappa shape index (κ2) is 6.09. The normalized spacial score (nSPS) is 17.6. The van der Waals surface area contributed by atoms with E-state index in [1.807, 2.05) is 19.1 Å². The van der Waals surface area contributed by atoms with Crippen LogP contribution < -0.4 is 4.74 Å². The molecule has 2 rings (SSSR count). The quantitative estimate of drug-likeness (QED) is 0.793. The number of ether oxygens (including phenoxy) is 1. The van der Waals surface area contributed by atoms with Crippen LogP contribution in [-0.2, 0) is 14.8 Å². The summed E-state index contributed by atoms with van der Waals surface area (Å²) in [5.74, 6) is 0.324. The minimum atomic E-state index is -3.39. The number of rotatable bonds is 4. The first-order valence-corrected chi connectivity index (χ1v) is 8.09. The molecule has 0 N–H and O–H groups in total. The van der Waals surface area contributed by atoms with Crippen LogP contribution in [0.15, 0.2) is 30.3 Å². The summed E-state index contributed by atoms with van der Waals surface area (Å²) in [5.41, 5.74) is 0.818. The van der Waals surface area contributed by atoms with Crippen LogP contribution in [0.3, 0.4) is 0 Å². The SMILES string of the molecule is CCOc1ccc(/C=C/C(=O)N2CCCS2(=O)=O)cc1. The molecule has 5 nitrogen and oxygen atoms in total. The lowest BCUT2D eigenvalue weighted by molar-refractivity contribution is -0.121. The van der Waals surface area contributed by atoms with E-state index in [9.17, 15) is 13.2 Å². The van der Waals surface area contributed by atoms with Gasteiger partial charge in [0.15, 0.2) is 0 Å². The molecule has 1 fully saturated rings. The lowest BCUT2D eigenvalue weighted by Crippen LogP contribution is -2.30. The third kappa shape index (κ3) is 3.39. The van der Waals surface area contributed by atoms with Gasteiger partial charge in [0.05, 0.1) is 12.4 Å². The summed E-state index contributed by atoms with van der Waals surface area (Å²) >= 11 is 0. The molecule has 1 saturated heterocycles. The van der Waals surface area contributed by atoms with Crippen LogP contribution in [0.5, 0.6) is 5.75 Å². The van der Waals surface area contributed by atoms with Gasteiger partial charge in [-0.15, -0.1) is 0 Å². The highest BCUT2D eigenvalue weighted by Gasteiger charge is 2.30. The standard InChI is InChI=1S/C14H17NO4S/c1-2-19-13-7-4-12(5-8-13)6-9-14(16)15-10-3-11-20(15,17)18/h4-9H,2-3,10-11H2,1H3/b9-6+. The average molecular weight is 295 g/mol. The van der Waals surface area contributed by atoms with Crippen molar-refractivity contribution in [1.29, 1.82) is 0 Å². The van der Waals surface area contributed by atoms with Gasteiger partial charge in [-0.25, -0.2) is 12.7 Å². The molecule has 6 heteroatoms. The maximum Gasteiger partial charge on any atom is 0.260 e. The first-order chi connectivity index (χ1) is 9.53. The predicted octanol–water partition coefficient (Wildman–Crippen LogP) is 1.66. The van der Waals surface area contributed by atoms with Gasteiger partial charge in [-0.3, -0.25) is 4.79 Å². The van der Waals surface area contributed by atoms with Crippen LogP contribution in [0.25, 0.3) is 6.08 Å². The molecular weight excluding hydrogens is 278 g/mol. The fourth-order valence-corrected chi connectivity index (χ4v) is 3.44. The molecule has 1 aliphatic rings. The van der Waals surface area contributed by atoms with E-state index in [-0.39, 0.29) is 12.3 Å². The molecule has 0 atom stereocenters. The van der Waals surface area contributed by atoms with Gasteiger partial charge in [0.2, 0.25) is 10.0 Å². The summed E-state index contributed by atoms with van der Waals surface area (Å²) in [6.45, 7) is 2.78. The zero-order valence-electron chi connectivity index (χ0n) is 11.3. The van der Waals surface area contributed by atoms with Crippen LogP contribution in [0.2, 0.25) is 0 Å². The number of hydrogen-bond donors (Lipinski definition) is 0. The Morgan fingerprint density at radius 3 is 2.60 bits per heavy atom. The molecule has 0 radical (unpaired) electrons. The van der Waals surface area contributed by atoms with Crippen LogP contribution in [0, 0.1) is 0 Å². The number of amides is 1. The molecule has 1 amide bonds. The Kier molecular flexibility index (Phi) is 4.44. The highest BCUT2D eigenvalue weighted by molar-refractivity contribution is 7.89. The monoisotopic (exact) mass is 295 g/mol. The van der Waals surface area contributed by atoms with E-state index in [4.69, 9.17) is 4.74 Å². The van der Waals surface area contributed by atoms with Gasteiger partial charge < -0.3 is 4.74 Å². The van der Waals surface area contributed by atoms with Crippen molar-refractivity contribution in [3.8, 4) is 5.75 Å². The average Bonchev–Trinajstić information content (AvgIpc) is 2.78. The topological polar surface area (TPSA) is 63.7 Å². The highest BCUT2D eigenvalue weighted by Crippen LogP contribution is 2.16. The molecule has 1 aromatic carbocycles. The van der Waals surface area contributed by atoms with E-state index in [1.54, 1.807) is 18.2 Å². The van der Waals surface area contributed by atoms with Crippen LogP contribution in [0.4, 0.5) is 0 Å². The number of benzene rings is 1. The van der Waals surface area contributed by atoms with Gasteiger partial charge in [0.1, 0.15) is 5.75 Å². The molecule has 1 heterocycles. The van der Waals surface area contributed by atoms with Crippen molar-refractivity contribution in [2.45, 2.75) is 13.3 Å². The van der Waals surface area contributed by atoms with E-state index in [1.165, 1.54) is 6.08 Å². The molecule has 108 valence electrons. The summed E-state index contributed by atoms with van der Waals surface area (Å²) in [6.07, 6.45) is 3.40. The molecule has 20 heavy (non-hydrogen) atoms. The zero-order chi connectivity index (χ0) is 14.6. The number of carbonyl (C=O) groups excluding carboxylic acids is 1. The smallest absolute Gasteiger partial charge is 0.260 e. The Hall–Kier alpha value is -1.82. The van der Waals surface area contributed by atoms with Crippen LogP contribution in [0.1, 0.15) is 18.9 Å². The summed E-state index contributed by atoms with van der Waals surface area (Å²) in [6, 6.07) is 7.24. The Balaban J connectivity index is 2.04. The molecule has 0 unspecified atom stereocenters. The Labute approximate surface area is 118 Å². The third-order valence-electron chi connectivity index (χ3n) is 2.95. The minimum Gasteiger partial charge on any atom is -0.494 e. The lowest BCUT2D eigenvalue weighted by Gasteiger charge is -2.11. The number of hydrogen-bond acceptors (Lipinski definition) is 4. The summed E-state index contributed by atoms with van der Waals surface area (Å²) in [7, 11) is -3.39. The lowest BCUT2D eigenvalue weighted by atomic mass is 10.2. The summed E-state index contributed by atoms with van der Waals surface area (Å²) in [4.78, 5) is 11.8. The molecule has 0 aromatic heterocycles. The summed E-state index contributed by atoms with van der Waals surface area (Å²) < 4.78 is 29.4. The molecule has 1 aliphatic heterocycles. The van der Waals surface area contributed by atoms with E-state index < -0.39 is 15.9 Å². The molecular formula is C14H17NO4S. The molecule has 0 bridgehead atoms. The fraction of sp³-hybridized carbons (Fsp3) is 0.357. The van der Waals surface area contributed by atoms with Crippen molar-refractivity contribution >= 4 is 22.0 Å². The molecule has 1 aromatic rings. The second-order valence-corrected chi connectivity index (χ2v) is 6.43. The molecule has 0 saturated carbocycles. The number of sulfonamides is 1. The summed E-state index contributed by atoms with van der Waals surface area (Å²) in [5, 5.41) is 0. The first-order valence-electron chi connectivity index (χ1n) is 6.48. The Bertz CT molecular complexity index is 605. The van der Waals surface area contributed by atoms with Gasteiger partial charge in [-0.05, 0) is 37.1 Å². The van der Waals surface area contributed by atoms with Gasteiger partial charge in [-0.1, -0.05) is 12.1 Å². The van der Waals surface area contributed by atoms with Crippen LogP contribution >= 0.6 is 0 Å². The largest absolute Gasteiger partial charge is 0.494 e. The zero-order valence-corrected chi connectivity index (χ0v) is 12.1. The maximum atomic E-state index is 11.8. The predicted molar refractivity (Wildman–Crippen MR) is 76.8 cm³/mol. The third-order valence-corrected chi connectivity index (χ3v) is 4.79. The van der Waals surface area contributed by atoms with Crippen molar-refractivity contribution in [2.75, 3.05) is 18.9 Å². The fourth-order valence-electron chi connectivity index (χ4n) is 1.98. The van der Waals surface area contributed by atoms with Crippen molar-refractivity contribution in [1.82, 2.24) is 4.31 Å². The van der Waals surface area contributed by atoms with E-state index in [0.29, 0.717) is 13.0 Å².